The molecule has 7 heteroatoms. The van der Waals surface area contributed by atoms with Crippen LogP contribution in [0.1, 0.15) is 46.5 Å². The third kappa shape index (κ3) is 7.14. The average molecular weight is 370 g/mol. The van der Waals surface area contributed by atoms with Gasteiger partial charge in [0.1, 0.15) is 0 Å². The highest BCUT2D eigenvalue weighted by Gasteiger charge is 2.32. The first kappa shape index (κ1) is 22.9. The van der Waals surface area contributed by atoms with E-state index >= 15 is 0 Å². The van der Waals surface area contributed by atoms with Gasteiger partial charge in [-0.2, -0.15) is 0 Å². The van der Waals surface area contributed by atoms with E-state index in [2.05, 4.69) is 23.6 Å². The number of carbonyl (C=O) groups excluding carboxylic acids is 1. The molecule has 2 rings (SSSR count). The third-order valence-electron chi connectivity index (χ3n) is 4.48. The van der Waals surface area contributed by atoms with Gasteiger partial charge >= 0.3 is 0 Å². The summed E-state index contributed by atoms with van der Waals surface area (Å²) in [6, 6.07) is 0.485. The van der Waals surface area contributed by atoms with Gasteiger partial charge in [-0.3, -0.25) is 9.69 Å². The van der Waals surface area contributed by atoms with Crippen molar-refractivity contribution in [2.24, 2.45) is 5.73 Å². The summed E-state index contributed by atoms with van der Waals surface area (Å²) < 4.78 is 5.78. The van der Waals surface area contributed by atoms with Gasteiger partial charge in [0, 0.05) is 44.7 Å². The van der Waals surface area contributed by atoms with Crippen LogP contribution in [0.2, 0.25) is 0 Å². The highest BCUT2D eigenvalue weighted by atomic mass is 35.5. The topological polar surface area (TPSA) is 58.8 Å². The number of hydrogen-bond donors (Lipinski definition) is 1. The lowest BCUT2D eigenvalue weighted by Gasteiger charge is -2.38. The van der Waals surface area contributed by atoms with Crippen molar-refractivity contribution in [3.05, 3.63) is 0 Å². The van der Waals surface area contributed by atoms with Crippen LogP contribution >= 0.6 is 24.8 Å². The van der Waals surface area contributed by atoms with Crippen molar-refractivity contribution in [3.8, 4) is 0 Å². The van der Waals surface area contributed by atoms with Gasteiger partial charge in [0.2, 0.25) is 5.91 Å². The molecule has 2 fully saturated rings. The smallest absolute Gasteiger partial charge is 0.222 e. The molecule has 0 aromatic rings. The predicted octanol–water partition coefficient (Wildman–Crippen LogP) is 2.06. The number of nitrogens with two attached hydrogens (primary N) is 1. The summed E-state index contributed by atoms with van der Waals surface area (Å²) in [4.78, 5) is 16.9. The third-order valence-corrected chi connectivity index (χ3v) is 4.48. The number of morpholine rings is 1. The summed E-state index contributed by atoms with van der Waals surface area (Å²) in [7, 11) is 0. The maximum atomic E-state index is 12.4. The molecular formula is C16H33Cl2N3O2. The summed E-state index contributed by atoms with van der Waals surface area (Å²) in [5.41, 5.74) is 5.76. The molecule has 2 saturated heterocycles. The number of likely N-dealkylation sites (tertiary alicyclic amines) is 1. The molecule has 4 unspecified atom stereocenters. The molecule has 0 spiro atoms. The number of rotatable bonds is 5. The Morgan fingerprint density at radius 1 is 1.26 bits per heavy atom. The number of amides is 1. The molecule has 1 amide bonds. The van der Waals surface area contributed by atoms with E-state index in [1.54, 1.807) is 0 Å². The Labute approximate surface area is 153 Å². The van der Waals surface area contributed by atoms with E-state index in [0.29, 0.717) is 12.5 Å². The second-order valence-electron chi connectivity index (χ2n) is 6.88. The van der Waals surface area contributed by atoms with Crippen LogP contribution in [-0.4, -0.2) is 66.2 Å². The van der Waals surface area contributed by atoms with Crippen LogP contribution in [0.25, 0.3) is 0 Å². The fourth-order valence-electron chi connectivity index (χ4n) is 3.58. The first-order valence-electron chi connectivity index (χ1n) is 8.38. The number of nitrogens with zero attached hydrogens (tertiary/aromatic N) is 2. The molecule has 0 aromatic carbocycles. The quantitative estimate of drug-likeness (QED) is 0.805. The molecule has 4 atom stereocenters. The highest BCUT2D eigenvalue weighted by molar-refractivity contribution is 5.85. The predicted molar refractivity (Wildman–Crippen MR) is 98.6 cm³/mol. The summed E-state index contributed by atoms with van der Waals surface area (Å²) in [6.07, 6.45) is 4.21. The van der Waals surface area contributed by atoms with Crippen LogP contribution in [0, 0.1) is 0 Å². The minimum absolute atomic E-state index is 0. The van der Waals surface area contributed by atoms with Crippen molar-refractivity contribution >= 4 is 30.7 Å². The second kappa shape index (κ2) is 10.7. The Hall–Kier alpha value is -0.0700. The Morgan fingerprint density at radius 2 is 1.87 bits per heavy atom. The Kier molecular flexibility index (Phi) is 10.7. The van der Waals surface area contributed by atoms with Gasteiger partial charge in [-0.15, -0.1) is 24.8 Å². The molecule has 23 heavy (non-hydrogen) atoms. The minimum atomic E-state index is 0. The molecule has 5 nitrogen and oxygen atoms in total. The monoisotopic (exact) mass is 369 g/mol. The first-order valence-corrected chi connectivity index (χ1v) is 8.38. The molecule has 0 radical (unpaired) electrons. The molecule has 0 aliphatic carbocycles. The van der Waals surface area contributed by atoms with Crippen LogP contribution in [0.3, 0.4) is 0 Å². The van der Waals surface area contributed by atoms with Crippen molar-refractivity contribution in [1.82, 2.24) is 9.80 Å². The van der Waals surface area contributed by atoms with E-state index in [1.165, 1.54) is 0 Å². The number of halogens is 2. The molecule has 0 bridgehead atoms. The first-order chi connectivity index (χ1) is 9.95. The molecule has 0 saturated carbocycles. The maximum Gasteiger partial charge on any atom is 0.222 e. The van der Waals surface area contributed by atoms with Crippen molar-refractivity contribution in [2.45, 2.75) is 70.7 Å². The number of ether oxygens (including phenoxy) is 1. The Bertz CT molecular complexity index is 348. The molecule has 2 N–H and O–H groups in total. The van der Waals surface area contributed by atoms with Crippen molar-refractivity contribution < 1.29 is 9.53 Å². The van der Waals surface area contributed by atoms with Gasteiger partial charge in [-0.05, 0) is 40.0 Å². The summed E-state index contributed by atoms with van der Waals surface area (Å²) in [5, 5.41) is 0. The summed E-state index contributed by atoms with van der Waals surface area (Å²) in [5.74, 6) is 0.282. The minimum Gasteiger partial charge on any atom is -0.373 e. The van der Waals surface area contributed by atoms with E-state index in [1.807, 2.05) is 6.92 Å². The zero-order valence-electron chi connectivity index (χ0n) is 14.6. The molecule has 138 valence electrons. The van der Waals surface area contributed by atoms with Crippen LogP contribution in [-0.2, 0) is 9.53 Å². The van der Waals surface area contributed by atoms with E-state index in [9.17, 15) is 4.79 Å². The van der Waals surface area contributed by atoms with Crippen molar-refractivity contribution in [3.63, 3.8) is 0 Å². The fourth-order valence-corrected chi connectivity index (χ4v) is 3.58. The van der Waals surface area contributed by atoms with E-state index < -0.39 is 0 Å². The summed E-state index contributed by atoms with van der Waals surface area (Å²) >= 11 is 0. The van der Waals surface area contributed by atoms with Crippen molar-refractivity contribution in [2.75, 3.05) is 26.2 Å². The zero-order valence-corrected chi connectivity index (χ0v) is 16.2. The lowest BCUT2D eigenvalue weighted by molar-refractivity contribution is -0.133. The molecule has 2 heterocycles. The lowest BCUT2D eigenvalue weighted by Crippen LogP contribution is -2.51. The SMILES string of the molecule is CC(N)CCC(=O)N1CCCC1CN1CC(C)OC(C)C1.Cl.Cl. The second-order valence-corrected chi connectivity index (χ2v) is 6.88. The van der Waals surface area contributed by atoms with Crippen molar-refractivity contribution in [1.29, 1.82) is 0 Å². The Balaban J connectivity index is 0.00000242. The van der Waals surface area contributed by atoms with Crippen LogP contribution in [0.5, 0.6) is 0 Å². The fraction of sp³-hybridized carbons (Fsp3) is 0.938. The standard InChI is InChI=1S/C16H31N3O2.2ClH/c1-12(17)6-7-16(20)19-8-4-5-15(19)11-18-9-13(2)21-14(3)10-18;;/h12-15H,4-11,17H2,1-3H3;2*1H. The molecule has 2 aliphatic rings. The average Bonchev–Trinajstić information content (AvgIpc) is 2.82. The zero-order chi connectivity index (χ0) is 15.4. The van der Waals surface area contributed by atoms with Crippen LogP contribution < -0.4 is 5.73 Å². The van der Waals surface area contributed by atoms with Gasteiger partial charge < -0.3 is 15.4 Å². The van der Waals surface area contributed by atoms with E-state index in [4.69, 9.17) is 10.5 Å². The van der Waals surface area contributed by atoms with Gasteiger partial charge in [0.05, 0.1) is 12.2 Å². The maximum absolute atomic E-state index is 12.4. The van der Waals surface area contributed by atoms with E-state index in [0.717, 1.165) is 45.4 Å². The van der Waals surface area contributed by atoms with Gasteiger partial charge in [0.15, 0.2) is 0 Å². The summed E-state index contributed by atoms with van der Waals surface area (Å²) in [6.45, 7) is 10.1. The normalized spacial score (nSPS) is 29.6. The number of carbonyl (C=O) groups is 1. The lowest BCUT2D eigenvalue weighted by atomic mass is 10.1. The van der Waals surface area contributed by atoms with Gasteiger partial charge in [-0.25, -0.2) is 0 Å². The molecule has 2 aliphatic heterocycles. The van der Waals surface area contributed by atoms with Gasteiger partial charge in [0.25, 0.3) is 0 Å². The number of hydrogen-bond acceptors (Lipinski definition) is 4. The highest BCUT2D eigenvalue weighted by Crippen LogP contribution is 2.21. The van der Waals surface area contributed by atoms with Crippen LogP contribution in [0.4, 0.5) is 0 Å². The van der Waals surface area contributed by atoms with E-state index in [-0.39, 0.29) is 49.0 Å². The molecule has 0 aromatic heterocycles. The van der Waals surface area contributed by atoms with Gasteiger partial charge in [-0.1, -0.05) is 0 Å². The molecular weight excluding hydrogens is 337 g/mol. The van der Waals surface area contributed by atoms with Crippen LogP contribution in [0.15, 0.2) is 0 Å². The largest absolute Gasteiger partial charge is 0.373 e. The Morgan fingerprint density at radius 3 is 2.43 bits per heavy atom.